The van der Waals surface area contributed by atoms with Gasteiger partial charge in [0.25, 0.3) is 0 Å². The highest BCUT2D eigenvalue weighted by Gasteiger charge is 2.16. The fourth-order valence-electron chi connectivity index (χ4n) is 2.50. The van der Waals surface area contributed by atoms with Crippen LogP contribution in [0.3, 0.4) is 0 Å². The Kier molecular flexibility index (Phi) is 5.07. The highest BCUT2D eigenvalue weighted by Crippen LogP contribution is 2.35. The van der Waals surface area contributed by atoms with Gasteiger partial charge in [0.2, 0.25) is 0 Å². The number of hydrogen-bond donors (Lipinski definition) is 1. The van der Waals surface area contributed by atoms with Crippen LogP contribution in [-0.2, 0) is 6.42 Å². The molecule has 0 spiro atoms. The van der Waals surface area contributed by atoms with Gasteiger partial charge in [0.05, 0.1) is 0 Å². The molecule has 0 radical (unpaired) electrons. The lowest BCUT2D eigenvalue weighted by Gasteiger charge is -2.21. The van der Waals surface area contributed by atoms with Crippen LogP contribution >= 0.6 is 11.8 Å². The summed E-state index contributed by atoms with van der Waals surface area (Å²) >= 11 is 1.71. The summed E-state index contributed by atoms with van der Waals surface area (Å²) in [4.78, 5) is 0.801. The average Bonchev–Trinajstić information content (AvgIpc) is 2.33. The smallest absolute Gasteiger partial charge is 0.137 e. The summed E-state index contributed by atoms with van der Waals surface area (Å²) in [6.07, 6.45) is 7.12. The Hall–Kier alpha value is -0.540. The van der Waals surface area contributed by atoms with Gasteiger partial charge in [-0.1, -0.05) is 25.3 Å². The van der Waals surface area contributed by atoms with Gasteiger partial charge in [0.1, 0.15) is 5.82 Å². The van der Waals surface area contributed by atoms with Gasteiger partial charge in [-0.15, -0.1) is 11.8 Å². The zero-order chi connectivity index (χ0) is 13.0. The van der Waals surface area contributed by atoms with Gasteiger partial charge in [-0.25, -0.2) is 4.39 Å². The molecular weight excluding hydrogens is 245 g/mol. The number of nitrogens with two attached hydrogens (primary N) is 1. The molecule has 0 bridgehead atoms. The van der Waals surface area contributed by atoms with E-state index in [-0.39, 0.29) is 11.9 Å². The molecule has 1 fully saturated rings. The fraction of sp³-hybridized carbons (Fsp3) is 0.600. The molecule has 0 amide bonds. The van der Waals surface area contributed by atoms with E-state index in [1.165, 1.54) is 32.1 Å². The molecule has 3 heteroatoms. The monoisotopic (exact) mass is 267 g/mol. The molecule has 1 nitrogen and oxygen atoms in total. The van der Waals surface area contributed by atoms with Crippen molar-refractivity contribution in [2.24, 2.45) is 5.73 Å². The second kappa shape index (κ2) is 6.58. The summed E-state index contributed by atoms with van der Waals surface area (Å²) < 4.78 is 14.0. The maximum absolute atomic E-state index is 14.0. The number of halogens is 1. The minimum atomic E-state index is -0.0799. The molecule has 1 aliphatic rings. The molecular formula is C15H22FNS. The largest absolute Gasteiger partial charge is 0.328 e. The highest BCUT2D eigenvalue weighted by atomic mass is 32.2. The third kappa shape index (κ3) is 3.99. The first-order valence-electron chi connectivity index (χ1n) is 6.86. The van der Waals surface area contributed by atoms with E-state index in [1.54, 1.807) is 17.8 Å². The predicted octanol–water partition coefficient (Wildman–Crippen LogP) is 4.14. The zero-order valence-corrected chi connectivity index (χ0v) is 11.8. The van der Waals surface area contributed by atoms with Crippen molar-refractivity contribution in [1.82, 2.24) is 0 Å². The Morgan fingerprint density at radius 3 is 2.67 bits per heavy atom. The number of thioether (sulfide) groups is 1. The summed E-state index contributed by atoms with van der Waals surface area (Å²) in [5.74, 6) is -0.0799. The molecule has 2 rings (SSSR count). The van der Waals surface area contributed by atoms with Crippen LogP contribution in [0.2, 0.25) is 0 Å². The molecule has 0 heterocycles. The Balaban J connectivity index is 2.00. The van der Waals surface area contributed by atoms with Gasteiger partial charge in [-0.2, -0.15) is 0 Å². The fourth-order valence-corrected chi connectivity index (χ4v) is 3.75. The zero-order valence-electron chi connectivity index (χ0n) is 11.0. The van der Waals surface area contributed by atoms with Crippen LogP contribution in [0.25, 0.3) is 0 Å². The van der Waals surface area contributed by atoms with Crippen molar-refractivity contribution in [3.05, 3.63) is 29.6 Å². The van der Waals surface area contributed by atoms with Crippen molar-refractivity contribution in [2.75, 3.05) is 0 Å². The van der Waals surface area contributed by atoms with Crippen molar-refractivity contribution in [3.8, 4) is 0 Å². The maximum atomic E-state index is 14.0. The molecule has 1 saturated carbocycles. The van der Waals surface area contributed by atoms with E-state index in [0.29, 0.717) is 5.25 Å². The van der Waals surface area contributed by atoms with Crippen LogP contribution in [-0.4, -0.2) is 11.3 Å². The van der Waals surface area contributed by atoms with Crippen molar-refractivity contribution in [3.63, 3.8) is 0 Å². The molecule has 0 saturated heterocycles. The van der Waals surface area contributed by atoms with Crippen LogP contribution in [0, 0.1) is 5.82 Å². The van der Waals surface area contributed by atoms with E-state index in [1.807, 2.05) is 19.1 Å². The molecule has 1 unspecified atom stereocenters. The van der Waals surface area contributed by atoms with Crippen LogP contribution in [0.1, 0.15) is 44.6 Å². The van der Waals surface area contributed by atoms with Crippen LogP contribution in [0.5, 0.6) is 0 Å². The van der Waals surface area contributed by atoms with E-state index in [4.69, 9.17) is 5.73 Å². The SMILES string of the molecule is CC(N)Cc1ccc(SC2CCCCC2)c(F)c1. The minimum absolute atomic E-state index is 0.0799. The first kappa shape index (κ1) is 13.9. The van der Waals surface area contributed by atoms with Gasteiger partial charge < -0.3 is 5.73 Å². The standard InChI is InChI=1S/C15H22FNS/c1-11(17)9-12-7-8-15(14(16)10-12)18-13-5-3-2-4-6-13/h7-8,10-11,13H,2-6,9,17H2,1H3. The summed E-state index contributed by atoms with van der Waals surface area (Å²) in [5, 5.41) is 0.604. The summed E-state index contributed by atoms with van der Waals surface area (Å²) in [6.45, 7) is 1.95. The van der Waals surface area contributed by atoms with Gasteiger partial charge in [0.15, 0.2) is 0 Å². The number of rotatable bonds is 4. The van der Waals surface area contributed by atoms with Gasteiger partial charge >= 0.3 is 0 Å². The third-order valence-corrected chi connectivity index (χ3v) is 4.79. The van der Waals surface area contributed by atoms with Crippen LogP contribution < -0.4 is 5.73 Å². The summed E-state index contributed by atoms with van der Waals surface area (Å²) in [6, 6.07) is 5.67. The number of hydrogen-bond acceptors (Lipinski definition) is 2. The lowest BCUT2D eigenvalue weighted by molar-refractivity contribution is 0.514. The Labute approximate surface area is 113 Å². The van der Waals surface area contributed by atoms with Crippen molar-refractivity contribution in [1.29, 1.82) is 0 Å². The van der Waals surface area contributed by atoms with E-state index in [2.05, 4.69) is 0 Å². The number of benzene rings is 1. The molecule has 1 aromatic rings. The van der Waals surface area contributed by atoms with Gasteiger partial charge in [-0.05, 0) is 43.9 Å². The molecule has 0 aliphatic heterocycles. The van der Waals surface area contributed by atoms with Crippen molar-refractivity contribution < 1.29 is 4.39 Å². The normalized spacial score (nSPS) is 18.8. The first-order chi connectivity index (χ1) is 8.65. The van der Waals surface area contributed by atoms with Crippen LogP contribution in [0.4, 0.5) is 4.39 Å². The van der Waals surface area contributed by atoms with Crippen molar-refractivity contribution in [2.45, 2.75) is 61.6 Å². The van der Waals surface area contributed by atoms with E-state index >= 15 is 0 Å². The maximum Gasteiger partial charge on any atom is 0.137 e. The van der Waals surface area contributed by atoms with E-state index in [0.717, 1.165) is 16.9 Å². The van der Waals surface area contributed by atoms with Gasteiger partial charge in [-0.3, -0.25) is 0 Å². The minimum Gasteiger partial charge on any atom is -0.328 e. The lowest BCUT2D eigenvalue weighted by Crippen LogP contribution is -2.17. The topological polar surface area (TPSA) is 26.0 Å². The molecule has 1 aliphatic carbocycles. The average molecular weight is 267 g/mol. The van der Waals surface area contributed by atoms with Crippen molar-refractivity contribution >= 4 is 11.8 Å². The molecule has 2 N–H and O–H groups in total. The molecule has 1 atom stereocenters. The Bertz CT molecular complexity index is 386. The molecule has 18 heavy (non-hydrogen) atoms. The molecule has 1 aromatic carbocycles. The first-order valence-corrected chi connectivity index (χ1v) is 7.74. The predicted molar refractivity (Wildman–Crippen MR) is 76.5 cm³/mol. The van der Waals surface area contributed by atoms with E-state index < -0.39 is 0 Å². The van der Waals surface area contributed by atoms with Crippen LogP contribution in [0.15, 0.2) is 23.1 Å². The van der Waals surface area contributed by atoms with Gasteiger partial charge in [0, 0.05) is 16.2 Å². The van der Waals surface area contributed by atoms with E-state index in [9.17, 15) is 4.39 Å². The third-order valence-electron chi connectivity index (χ3n) is 3.40. The summed E-state index contributed by atoms with van der Waals surface area (Å²) in [5.41, 5.74) is 6.73. The highest BCUT2D eigenvalue weighted by molar-refractivity contribution is 8.00. The quantitative estimate of drug-likeness (QED) is 0.887. The lowest BCUT2D eigenvalue weighted by atomic mass is 10.0. The Morgan fingerprint density at radius 2 is 2.06 bits per heavy atom. The second-order valence-corrected chi connectivity index (χ2v) is 6.67. The summed E-state index contributed by atoms with van der Waals surface area (Å²) in [7, 11) is 0. The second-order valence-electron chi connectivity index (χ2n) is 5.32. The molecule has 0 aromatic heterocycles. The molecule has 100 valence electrons. The Morgan fingerprint density at radius 1 is 1.33 bits per heavy atom.